The molecule has 0 unspecified atom stereocenters. The van der Waals surface area contributed by atoms with E-state index in [0.717, 1.165) is 23.9 Å². The van der Waals surface area contributed by atoms with Crippen molar-refractivity contribution in [2.45, 2.75) is 38.1 Å². The maximum Gasteiger partial charge on any atom is 0.172 e. The number of carbonyl (C=O) groups is 1. The van der Waals surface area contributed by atoms with Crippen molar-refractivity contribution in [3.63, 3.8) is 0 Å². The summed E-state index contributed by atoms with van der Waals surface area (Å²) < 4.78 is 0. The van der Waals surface area contributed by atoms with Gasteiger partial charge in [0.05, 0.1) is 4.88 Å². The van der Waals surface area contributed by atoms with E-state index in [4.69, 9.17) is 0 Å². The summed E-state index contributed by atoms with van der Waals surface area (Å²) in [7, 11) is 2.18. The van der Waals surface area contributed by atoms with Gasteiger partial charge < -0.3 is 4.90 Å². The molecule has 88 valence electrons. The molecule has 0 bridgehead atoms. The zero-order valence-electron chi connectivity index (χ0n) is 9.82. The molecule has 0 amide bonds. The molecule has 1 saturated carbocycles. The summed E-state index contributed by atoms with van der Waals surface area (Å²) in [6.45, 7) is 1.06. The lowest BCUT2D eigenvalue weighted by Crippen LogP contribution is -2.37. The molecule has 0 radical (unpaired) electrons. The Morgan fingerprint density at radius 2 is 2.38 bits per heavy atom. The summed E-state index contributed by atoms with van der Waals surface area (Å²) in [5.74, 6) is 0.303. The lowest BCUT2D eigenvalue weighted by atomic mass is 9.92. The Kier molecular flexibility index (Phi) is 4.13. The third-order valence-electron chi connectivity index (χ3n) is 3.41. The number of rotatable bonds is 6. The van der Waals surface area contributed by atoms with E-state index in [1.165, 1.54) is 19.3 Å². The van der Waals surface area contributed by atoms with E-state index in [2.05, 4.69) is 11.9 Å². The normalized spacial score (nSPS) is 16.4. The number of hydrogen-bond acceptors (Lipinski definition) is 3. The van der Waals surface area contributed by atoms with Crippen LogP contribution in [-0.4, -0.2) is 30.3 Å². The highest BCUT2D eigenvalue weighted by atomic mass is 32.1. The van der Waals surface area contributed by atoms with Crippen molar-refractivity contribution in [3.05, 3.63) is 22.4 Å². The van der Waals surface area contributed by atoms with Crippen molar-refractivity contribution in [3.8, 4) is 0 Å². The first-order valence-electron chi connectivity index (χ1n) is 6.04. The number of thiophene rings is 1. The van der Waals surface area contributed by atoms with Gasteiger partial charge in [0.25, 0.3) is 0 Å². The van der Waals surface area contributed by atoms with Crippen molar-refractivity contribution in [2.75, 3.05) is 13.6 Å². The van der Waals surface area contributed by atoms with Gasteiger partial charge >= 0.3 is 0 Å². The minimum absolute atomic E-state index is 0.303. The molecule has 3 heteroatoms. The van der Waals surface area contributed by atoms with Crippen molar-refractivity contribution < 1.29 is 4.79 Å². The molecule has 0 aliphatic heterocycles. The first kappa shape index (κ1) is 11.8. The molecule has 1 aromatic rings. The van der Waals surface area contributed by atoms with Crippen LogP contribution >= 0.6 is 11.3 Å². The van der Waals surface area contributed by atoms with E-state index < -0.39 is 0 Å². The van der Waals surface area contributed by atoms with E-state index in [-0.39, 0.29) is 0 Å². The van der Waals surface area contributed by atoms with Gasteiger partial charge in [-0.05, 0) is 44.3 Å². The van der Waals surface area contributed by atoms with Gasteiger partial charge in [0.2, 0.25) is 0 Å². The molecule has 0 atom stereocenters. The molecule has 0 aromatic carbocycles. The maximum atomic E-state index is 11.7. The fourth-order valence-corrected chi connectivity index (χ4v) is 2.75. The van der Waals surface area contributed by atoms with Crippen molar-refractivity contribution in [1.82, 2.24) is 4.90 Å². The van der Waals surface area contributed by atoms with Crippen LogP contribution in [0.4, 0.5) is 0 Å². The van der Waals surface area contributed by atoms with Gasteiger partial charge in [0, 0.05) is 12.5 Å². The van der Waals surface area contributed by atoms with Crippen LogP contribution in [0, 0.1) is 0 Å². The van der Waals surface area contributed by atoms with E-state index in [0.29, 0.717) is 12.2 Å². The summed E-state index contributed by atoms with van der Waals surface area (Å²) in [5.41, 5.74) is 0. The van der Waals surface area contributed by atoms with Crippen LogP contribution < -0.4 is 0 Å². The average molecular weight is 237 g/mol. The highest BCUT2D eigenvalue weighted by Gasteiger charge is 2.21. The van der Waals surface area contributed by atoms with Crippen LogP contribution in [0.5, 0.6) is 0 Å². The second kappa shape index (κ2) is 5.60. The monoisotopic (exact) mass is 237 g/mol. The van der Waals surface area contributed by atoms with Crippen molar-refractivity contribution in [1.29, 1.82) is 0 Å². The van der Waals surface area contributed by atoms with Crippen molar-refractivity contribution in [2.24, 2.45) is 0 Å². The number of carbonyl (C=O) groups excluding carboxylic acids is 1. The Morgan fingerprint density at radius 1 is 1.56 bits per heavy atom. The summed E-state index contributed by atoms with van der Waals surface area (Å²) in [6.07, 6.45) is 5.75. The highest BCUT2D eigenvalue weighted by Crippen LogP contribution is 2.23. The maximum absolute atomic E-state index is 11.7. The van der Waals surface area contributed by atoms with Crippen LogP contribution in [0.25, 0.3) is 0 Å². The Morgan fingerprint density at radius 3 is 2.94 bits per heavy atom. The number of Topliss-reactive ketones (excluding diaryl/α,β-unsaturated/α-hetero) is 1. The predicted octanol–water partition coefficient (Wildman–Crippen LogP) is 3.20. The predicted molar refractivity (Wildman–Crippen MR) is 68.2 cm³/mol. The minimum atomic E-state index is 0.303. The van der Waals surface area contributed by atoms with Gasteiger partial charge in [0.1, 0.15) is 0 Å². The number of hydrogen-bond donors (Lipinski definition) is 0. The first-order valence-corrected chi connectivity index (χ1v) is 6.92. The number of ketones is 1. The van der Waals surface area contributed by atoms with Crippen LogP contribution in [0.2, 0.25) is 0 Å². The summed E-state index contributed by atoms with van der Waals surface area (Å²) in [6, 6.07) is 4.65. The first-order chi connectivity index (χ1) is 7.77. The SMILES string of the molecule is CN(CCCC(=O)c1cccs1)C1CCC1. The Balaban J connectivity index is 1.66. The van der Waals surface area contributed by atoms with Gasteiger partial charge in [-0.25, -0.2) is 0 Å². The fourth-order valence-electron chi connectivity index (χ4n) is 2.06. The van der Waals surface area contributed by atoms with E-state index in [1.54, 1.807) is 11.3 Å². The van der Waals surface area contributed by atoms with Crippen LogP contribution in [0.3, 0.4) is 0 Å². The molecule has 2 rings (SSSR count). The molecule has 0 saturated heterocycles. The highest BCUT2D eigenvalue weighted by molar-refractivity contribution is 7.12. The van der Waals surface area contributed by atoms with Crippen LogP contribution in [0.15, 0.2) is 17.5 Å². The molecule has 16 heavy (non-hydrogen) atoms. The molecule has 1 aliphatic carbocycles. The van der Waals surface area contributed by atoms with Crippen LogP contribution in [-0.2, 0) is 0 Å². The topological polar surface area (TPSA) is 20.3 Å². The zero-order valence-corrected chi connectivity index (χ0v) is 10.6. The smallest absolute Gasteiger partial charge is 0.172 e. The second-order valence-electron chi connectivity index (χ2n) is 4.57. The summed E-state index contributed by atoms with van der Waals surface area (Å²) in [5, 5.41) is 1.97. The lowest BCUT2D eigenvalue weighted by molar-refractivity contribution is 0.0970. The molecule has 1 aromatic heterocycles. The molecule has 0 spiro atoms. The molecule has 0 N–H and O–H groups in total. The van der Waals surface area contributed by atoms with Gasteiger partial charge in [-0.3, -0.25) is 4.79 Å². The van der Waals surface area contributed by atoms with Gasteiger partial charge in [-0.15, -0.1) is 11.3 Å². The molecule has 1 aliphatic rings. The van der Waals surface area contributed by atoms with Crippen LogP contribution in [0.1, 0.15) is 41.8 Å². The van der Waals surface area contributed by atoms with E-state index in [9.17, 15) is 4.79 Å². The van der Waals surface area contributed by atoms with E-state index >= 15 is 0 Å². The minimum Gasteiger partial charge on any atom is -0.303 e. The fraction of sp³-hybridized carbons (Fsp3) is 0.615. The third kappa shape index (κ3) is 2.92. The standard InChI is InChI=1S/C13H19NOS/c1-14(11-5-2-6-11)9-3-7-12(15)13-8-4-10-16-13/h4,8,10-11H,2-3,5-7,9H2,1H3. The molecular weight excluding hydrogens is 218 g/mol. The molecule has 1 fully saturated rings. The van der Waals surface area contributed by atoms with Gasteiger partial charge in [-0.1, -0.05) is 12.5 Å². The Hall–Kier alpha value is -0.670. The zero-order chi connectivity index (χ0) is 11.4. The van der Waals surface area contributed by atoms with Gasteiger partial charge in [-0.2, -0.15) is 0 Å². The second-order valence-corrected chi connectivity index (χ2v) is 5.52. The quantitative estimate of drug-likeness (QED) is 0.708. The largest absolute Gasteiger partial charge is 0.303 e. The third-order valence-corrected chi connectivity index (χ3v) is 4.32. The summed E-state index contributed by atoms with van der Waals surface area (Å²) >= 11 is 1.55. The molecule has 1 heterocycles. The van der Waals surface area contributed by atoms with Gasteiger partial charge in [0.15, 0.2) is 5.78 Å². The van der Waals surface area contributed by atoms with E-state index in [1.807, 2.05) is 17.5 Å². The number of nitrogens with zero attached hydrogens (tertiary/aromatic N) is 1. The average Bonchev–Trinajstić information content (AvgIpc) is 2.67. The lowest BCUT2D eigenvalue weighted by Gasteiger charge is -2.34. The van der Waals surface area contributed by atoms with Crippen molar-refractivity contribution >= 4 is 17.1 Å². The molecule has 2 nitrogen and oxygen atoms in total. The molecular formula is C13H19NOS. The summed E-state index contributed by atoms with van der Waals surface area (Å²) in [4.78, 5) is 15.0. The Labute approximate surface area is 101 Å². The Bertz CT molecular complexity index is 330.